The molecule has 3 aromatic carbocycles. The summed E-state index contributed by atoms with van der Waals surface area (Å²) < 4.78 is 11.0. The zero-order chi connectivity index (χ0) is 25.4. The average molecular weight is 489 g/mol. The Morgan fingerprint density at radius 2 is 1.63 bits per heavy atom. The summed E-state index contributed by atoms with van der Waals surface area (Å²) >= 11 is 0. The SMILES string of the molecule is Cc1cccc(C(C#Cc2ccc(CCCCCP(=O)(O)O)c(C)c2)Cc2ccc(C)c(C)c2)c1. The van der Waals surface area contributed by atoms with Gasteiger partial charge in [0, 0.05) is 17.6 Å². The van der Waals surface area contributed by atoms with Gasteiger partial charge in [-0.05, 0) is 98.9 Å². The average Bonchev–Trinajstić information content (AvgIpc) is 2.79. The summed E-state index contributed by atoms with van der Waals surface area (Å²) in [6.07, 6.45) is 4.08. The fraction of sp³-hybridized carbons (Fsp3) is 0.355. The van der Waals surface area contributed by atoms with Crippen molar-refractivity contribution in [1.82, 2.24) is 0 Å². The van der Waals surface area contributed by atoms with E-state index >= 15 is 0 Å². The van der Waals surface area contributed by atoms with Gasteiger partial charge in [0.25, 0.3) is 0 Å². The first-order chi connectivity index (χ1) is 16.6. The maximum absolute atomic E-state index is 11.0. The molecule has 0 aliphatic rings. The van der Waals surface area contributed by atoms with E-state index in [2.05, 4.69) is 100 Å². The summed E-state index contributed by atoms with van der Waals surface area (Å²) in [6.45, 7) is 8.54. The van der Waals surface area contributed by atoms with Crippen molar-refractivity contribution in [3.05, 3.63) is 105 Å². The molecule has 0 radical (unpaired) electrons. The van der Waals surface area contributed by atoms with Crippen molar-refractivity contribution >= 4 is 7.60 Å². The Labute approximate surface area is 210 Å². The molecule has 0 aliphatic heterocycles. The van der Waals surface area contributed by atoms with Crippen molar-refractivity contribution in [1.29, 1.82) is 0 Å². The molecular weight excluding hydrogens is 451 g/mol. The van der Waals surface area contributed by atoms with E-state index in [9.17, 15) is 4.57 Å². The zero-order valence-corrected chi connectivity index (χ0v) is 22.2. The summed E-state index contributed by atoms with van der Waals surface area (Å²) in [7, 11) is -3.88. The molecule has 3 nitrogen and oxygen atoms in total. The van der Waals surface area contributed by atoms with Crippen LogP contribution in [-0.4, -0.2) is 15.9 Å². The highest BCUT2D eigenvalue weighted by Crippen LogP contribution is 2.35. The molecule has 0 amide bonds. The van der Waals surface area contributed by atoms with Crippen molar-refractivity contribution in [3.63, 3.8) is 0 Å². The van der Waals surface area contributed by atoms with Crippen LogP contribution in [0.4, 0.5) is 0 Å². The van der Waals surface area contributed by atoms with Crippen LogP contribution in [0.25, 0.3) is 0 Å². The number of hydrogen-bond acceptors (Lipinski definition) is 1. The summed E-state index contributed by atoms with van der Waals surface area (Å²) in [6, 6.07) is 21.7. The van der Waals surface area contributed by atoms with Crippen molar-refractivity contribution in [3.8, 4) is 11.8 Å². The van der Waals surface area contributed by atoms with Crippen molar-refractivity contribution < 1.29 is 14.4 Å². The third-order valence-electron chi connectivity index (χ3n) is 6.58. The number of rotatable bonds is 9. The van der Waals surface area contributed by atoms with Crippen LogP contribution in [0.3, 0.4) is 0 Å². The van der Waals surface area contributed by atoms with Gasteiger partial charge in [-0.2, -0.15) is 0 Å². The topological polar surface area (TPSA) is 57.5 Å². The second-order valence-electron chi connectivity index (χ2n) is 9.70. The maximum Gasteiger partial charge on any atom is 0.325 e. The lowest BCUT2D eigenvalue weighted by Crippen LogP contribution is -2.02. The lowest BCUT2D eigenvalue weighted by Gasteiger charge is -2.14. The molecule has 1 atom stereocenters. The summed E-state index contributed by atoms with van der Waals surface area (Å²) in [5.74, 6) is 7.11. The van der Waals surface area contributed by atoms with Crippen molar-refractivity contribution in [2.45, 2.75) is 65.7 Å². The molecule has 184 valence electrons. The van der Waals surface area contributed by atoms with E-state index in [-0.39, 0.29) is 12.1 Å². The molecule has 3 rings (SSSR count). The summed E-state index contributed by atoms with van der Waals surface area (Å²) in [5, 5.41) is 0. The summed E-state index contributed by atoms with van der Waals surface area (Å²) in [5.41, 5.74) is 9.93. The fourth-order valence-electron chi connectivity index (χ4n) is 4.34. The van der Waals surface area contributed by atoms with E-state index in [1.54, 1.807) is 0 Å². The lowest BCUT2D eigenvalue weighted by molar-refractivity contribution is 0.371. The van der Waals surface area contributed by atoms with Gasteiger partial charge in [-0.25, -0.2) is 0 Å². The van der Waals surface area contributed by atoms with Crippen LogP contribution in [0.1, 0.15) is 69.7 Å². The first-order valence-electron chi connectivity index (χ1n) is 12.4. The molecule has 0 spiro atoms. The minimum Gasteiger partial charge on any atom is -0.324 e. The molecule has 1 unspecified atom stereocenters. The van der Waals surface area contributed by atoms with Gasteiger partial charge in [-0.3, -0.25) is 4.57 Å². The highest BCUT2D eigenvalue weighted by Gasteiger charge is 2.12. The molecule has 0 bridgehead atoms. The van der Waals surface area contributed by atoms with Crippen molar-refractivity contribution in [2.24, 2.45) is 0 Å². The van der Waals surface area contributed by atoms with Gasteiger partial charge in [0.1, 0.15) is 0 Å². The summed E-state index contributed by atoms with van der Waals surface area (Å²) in [4.78, 5) is 18.0. The van der Waals surface area contributed by atoms with Gasteiger partial charge >= 0.3 is 7.60 Å². The van der Waals surface area contributed by atoms with E-state index in [1.165, 1.54) is 38.9 Å². The predicted molar refractivity (Wildman–Crippen MR) is 146 cm³/mol. The van der Waals surface area contributed by atoms with Gasteiger partial charge in [-0.1, -0.05) is 72.4 Å². The Balaban J connectivity index is 1.73. The van der Waals surface area contributed by atoms with Gasteiger partial charge in [0.2, 0.25) is 0 Å². The van der Waals surface area contributed by atoms with Gasteiger partial charge in [0.05, 0.1) is 0 Å². The predicted octanol–water partition coefficient (Wildman–Crippen LogP) is 7.19. The fourth-order valence-corrected chi connectivity index (χ4v) is 4.98. The smallest absolute Gasteiger partial charge is 0.324 e. The quantitative estimate of drug-likeness (QED) is 0.190. The molecule has 0 heterocycles. The van der Waals surface area contributed by atoms with Crippen molar-refractivity contribution in [2.75, 3.05) is 6.16 Å². The number of benzene rings is 3. The Morgan fingerprint density at radius 3 is 2.31 bits per heavy atom. The van der Waals surface area contributed by atoms with E-state index in [0.717, 1.165) is 31.2 Å². The number of hydrogen-bond donors (Lipinski definition) is 2. The monoisotopic (exact) mass is 488 g/mol. The van der Waals surface area contributed by atoms with E-state index in [4.69, 9.17) is 9.79 Å². The Morgan fingerprint density at radius 1 is 0.829 bits per heavy atom. The second-order valence-corrected chi connectivity index (χ2v) is 11.5. The maximum atomic E-state index is 11.0. The highest BCUT2D eigenvalue weighted by atomic mass is 31.2. The van der Waals surface area contributed by atoms with Crippen LogP contribution in [0.2, 0.25) is 0 Å². The number of aryl methyl sites for hydroxylation is 5. The molecular formula is C31H37O3P. The van der Waals surface area contributed by atoms with Crippen LogP contribution in [0.15, 0.2) is 60.7 Å². The molecule has 4 heteroatoms. The van der Waals surface area contributed by atoms with E-state index < -0.39 is 7.60 Å². The molecule has 0 saturated heterocycles. The Bertz CT molecular complexity index is 1260. The highest BCUT2D eigenvalue weighted by molar-refractivity contribution is 7.51. The molecule has 35 heavy (non-hydrogen) atoms. The molecule has 2 N–H and O–H groups in total. The van der Waals surface area contributed by atoms with Gasteiger partial charge < -0.3 is 9.79 Å². The number of unbranched alkanes of at least 4 members (excludes halogenated alkanes) is 2. The first-order valence-corrected chi connectivity index (χ1v) is 14.2. The molecule has 0 aliphatic carbocycles. The molecule has 0 fully saturated rings. The van der Waals surface area contributed by atoms with E-state index in [1.807, 2.05) is 0 Å². The van der Waals surface area contributed by atoms with Crippen LogP contribution in [-0.2, 0) is 17.4 Å². The standard InChI is InChI=1S/C31H37O3P/c1-23-9-8-11-30(19-23)31(22-28-13-12-24(2)25(3)20-28)17-15-27-14-16-29(26(4)21-27)10-6-5-7-18-35(32,33)34/h8-9,11-14,16,19-21,31H,5-7,10,18,22H2,1-4H3,(H2,32,33,34). The minimum atomic E-state index is -3.88. The first kappa shape index (κ1) is 27.0. The molecule has 0 saturated carbocycles. The van der Waals surface area contributed by atoms with Crippen LogP contribution >= 0.6 is 7.60 Å². The normalized spacial score (nSPS) is 12.2. The minimum absolute atomic E-state index is 0.0230. The Kier molecular flexibility index (Phi) is 9.53. The van der Waals surface area contributed by atoms with Crippen LogP contribution < -0.4 is 0 Å². The largest absolute Gasteiger partial charge is 0.325 e. The van der Waals surface area contributed by atoms with Crippen LogP contribution in [0, 0.1) is 39.5 Å². The Hall–Kier alpha value is -2.63. The van der Waals surface area contributed by atoms with Crippen LogP contribution in [0.5, 0.6) is 0 Å². The molecule has 3 aromatic rings. The third kappa shape index (κ3) is 8.83. The second kappa shape index (κ2) is 12.4. The van der Waals surface area contributed by atoms with Gasteiger partial charge in [-0.15, -0.1) is 0 Å². The van der Waals surface area contributed by atoms with E-state index in [0.29, 0.717) is 6.42 Å². The zero-order valence-electron chi connectivity index (χ0n) is 21.3. The third-order valence-corrected chi connectivity index (χ3v) is 7.48. The molecule has 0 aromatic heterocycles. The lowest BCUT2D eigenvalue weighted by atomic mass is 9.90. The van der Waals surface area contributed by atoms with Gasteiger partial charge in [0.15, 0.2) is 0 Å².